The molecule has 140 valence electrons. The molecule has 0 aromatic rings. The molecule has 0 aromatic heterocycles. The van der Waals surface area contributed by atoms with Crippen LogP contribution < -0.4 is 0 Å². The summed E-state index contributed by atoms with van der Waals surface area (Å²) in [6.45, 7) is 2.17. The summed E-state index contributed by atoms with van der Waals surface area (Å²) in [7, 11) is 0. The predicted octanol–water partition coefficient (Wildman–Crippen LogP) is 5.82. The molecular weight excluding hydrogens is 318 g/mol. The molecule has 0 saturated heterocycles. The van der Waals surface area contributed by atoms with Gasteiger partial charge in [0.1, 0.15) is 0 Å². The van der Waals surface area contributed by atoms with Gasteiger partial charge in [-0.15, -0.1) is 0 Å². The Balaban J connectivity index is 4.01. The second-order valence-electron chi connectivity index (χ2n) is 5.82. The van der Waals surface area contributed by atoms with Crippen LogP contribution in [0.2, 0.25) is 0 Å². The first kappa shape index (κ1) is 22.8. The van der Waals surface area contributed by atoms with Crippen LogP contribution in [0.4, 0.5) is 0 Å². The van der Waals surface area contributed by atoms with Gasteiger partial charge in [0.15, 0.2) is 0 Å². The lowest BCUT2D eigenvalue weighted by Gasteiger charge is -1.94. The summed E-state index contributed by atoms with van der Waals surface area (Å²) in [5.74, 6) is -0.775. The number of nitro groups is 1. The second kappa shape index (κ2) is 16.7. The summed E-state index contributed by atoms with van der Waals surface area (Å²) in [4.78, 5) is 21.0. The molecule has 0 atom stereocenters. The zero-order chi connectivity index (χ0) is 18.8. The number of allylic oxidation sites excluding steroid dienone is 7. The van der Waals surface area contributed by atoms with Gasteiger partial charge in [-0.25, -0.2) is 0 Å². The van der Waals surface area contributed by atoms with Crippen molar-refractivity contribution in [1.29, 1.82) is 0 Å². The Morgan fingerprint density at radius 1 is 0.960 bits per heavy atom. The van der Waals surface area contributed by atoms with Crippen molar-refractivity contribution in [3.8, 4) is 0 Å². The highest BCUT2D eigenvalue weighted by Gasteiger charge is 2.06. The molecule has 0 unspecified atom stereocenters. The van der Waals surface area contributed by atoms with Crippen molar-refractivity contribution in [2.45, 2.75) is 71.1 Å². The molecule has 0 bridgehead atoms. The highest BCUT2D eigenvalue weighted by atomic mass is 16.6. The minimum absolute atomic E-state index is 0.185. The van der Waals surface area contributed by atoms with E-state index in [1.54, 1.807) is 12.2 Å². The van der Waals surface area contributed by atoms with Crippen LogP contribution in [0, 0.1) is 10.1 Å². The van der Waals surface area contributed by atoms with E-state index < -0.39 is 5.97 Å². The Labute approximate surface area is 151 Å². The standard InChI is InChI=1S/C20H31NO4/c1-2-3-4-5-7-10-13-16-19(21(24)25)17-14-11-8-6-9-12-15-18-20(22)23/h6-7,9-11,14,16H,2-5,8,12-13,15,17-18H2,1H3,(H,22,23). The van der Waals surface area contributed by atoms with Crippen LogP contribution in [0.1, 0.15) is 71.1 Å². The monoisotopic (exact) mass is 349 g/mol. The number of carboxylic acids is 1. The number of unbranched alkanes of at least 4 members (excludes halogenated alkanes) is 4. The molecule has 0 amide bonds. The number of aliphatic carboxylic acids is 1. The van der Waals surface area contributed by atoms with Crippen molar-refractivity contribution in [3.63, 3.8) is 0 Å². The van der Waals surface area contributed by atoms with Crippen LogP contribution in [0.5, 0.6) is 0 Å². The Bertz CT molecular complexity index is 490. The van der Waals surface area contributed by atoms with Crippen molar-refractivity contribution in [3.05, 3.63) is 58.3 Å². The number of carbonyl (C=O) groups is 1. The van der Waals surface area contributed by atoms with Gasteiger partial charge in [0.2, 0.25) is 5.70 Å². The third-order valence-electron chi connectivity index (χ3n) is 3.56. The van der Waals surface area contributed by atoms with E-state index in [1.165, 1.54) is 19.3 Å². The van der Waals surface area contributed by atoms with E-state index in [2.05, 4.69) is 13.0 Å². The molecule has 0 radical (unpaired) electrons. The topological polar surface area (TPSA) is 80.4 Å². The van der Waals surface area contributed by atoms with Crippen LogP contribution in [0.25, 0.3) is 0 Å². The van der Waals surface area contributed by atoms with Crippen LogP contribution >= 0.6 is 0 Å². The lowest BCUT2D eigenvalue weighted by molar-refractivity contribution is -0.427. The van der Waals surface area contributed by atoms with Crippen molar-refractivity contribution < 1.29 is 14.8 Å². The van der Waals surface area contributed by atoms with Gasteiger partial charge in [0.05, 0.1) is 11.3 Å². The van der Waals surface area contributed by atoms with Crippen molar-refractivity contribution in [2.75, 3.05) is 0 Å². The molecule has 0 aliphatic carbocycles. The Morgan fingerprint density at radius 3 is 2.24 bits per heavy atom. The molecule has 0 rings (SSSR count). The minimum atomic E-state index is -0.775. The lowest BCUT2D eigenvalue weighted by atomic mass is 10.2. The highest BCUT2D eigenvalue weighted by molar-refractivity contribution is 5.66. The number of rotatable bonds is 15. The minimum Gasteiger partial charge on any atom is -0.481 e. The van der Waals surface area contributed by atoms with Gasteiger partial charge in [0.25, 0.3) is 0 Å². The van der Waals surface area contributed by atoms with E-state index in [-0.39, 0.29) is 17.0 Å². The molecular formula is C20H31NO4. The first-order chi connectivity index (χ1) is 12.1. The largest absolute Gasteiger partial charge is 0.481 e. The van der Waals surface area contributed by atoms with Gasteiger partial charge in [-0.3, -0.25) is 14.9 Å². The summed E-state index contributed by atoms with van der Waals surface area (Å²) in [5.41, 5.74) is 0.222. The van der Waals surface area contributed by atoms with E-state index in [0.29, 0.717) is 25.7 Å². The van der Waals surface area contributed by atoms with Gasteiger partial charge in [-0.05, 0) is 44.6 Å². The average Bonchev–Trinajstić information content (AvgIpc) is 2.57. The quantitative estimate of drug-likeness (QED) is 0.175. The average molecular weight is 349 g/mol. The highest BCUT2D eigenvalue weighted by Crippen LogP contribution is 2.07. The third-order valence-corrected chi connectivity index (χ3v) is 3.56. The Hall–Kier alpha value is -2.17. The SMILES string of the molecule is CCCCCC=CCC=C(CC=CCC=CCCCC(=O)O)[N+](=O)[O-]. The normalized spacial score (nSPS) is 12.6. The van der Waals surface area contributed by atoms with Gasteiger partial charge in [0, 0.05) is 6.42 Å². The first-order valence-electron chi connectivity index (χ1n) is 9.08. The molecule has 0 aliphatic rings. The van der Waals surface area contributed by atoms with Crippen molar-refractivity contribution in [2.24, 2.45) is 0 Å². The predicted molar refractivity (Wildman–Crippen MR) is 102 cm³/mol. The third kappa shape index (κ3) is 16.5. The van der Waals surface area contributed by atoms with E-state index in [4.69, 9.17) is 5.11 Å². The Kier molecular flexibility index (Phi) is 15.2. The van der Waals surface area contributed by atoms with E-state index in [1.807, 2.05) is 24.3 Å². The van der Waals surface area contributed by atoms with E-state index in [0.717, 1.165) is 12.8 Å². The van der Waals surface area contributed by atoms with Gasteiger partial charge >= 0.3 is 5.97 Å². The number of hydrogen-bond acceptors (Lipinski definition) is 3. The van der Waals surface area contributed by atoms with Crippen LogP contribution in [-0.2, 0) is 4.79 Å². The fourth-order valence-electron chi connectivity index (χ4n) is 2.13. The number of carboxylic acid groups (broad SMARTS) is 1. The molecule has 0 heterocycles. The molecule has 1 N–H and O–H groups in total. The zero-order valence-electron chi connectivity index (χ0n) is 15.2. The van der Waals surface area contributed by atoms with Gasteiger partial charge < -0.3 is 5.11 Å². The number of hydrogen-bond donors (Lipinski definition) is 1. The summed E-state index contributed by atoms with van der Waals surface area (Å²) in [5, 5.41) is 19.5. The van der Waals surface area contributed by atoms with E-state index >= 15 is 0 Å². The maximum Gasteiger partial charge on any atom is 0.303 e. The Morgan fingerprint density at radius 2 is 1.60 bits per heavy atom. The maximum absolute atomic E-state index is 11.0. The molecule has 0 aliphatic heterocycles. The molecule has 5 heteroatoms. The smallest absolute Gasteiger partial charge is 0.303 e. The fraction of sp³-hybridized carbons (Fsp3) is 0.550. The summed E-state index contributed by atoms with van der Waals surface area (Å²) in [6, 6.07) is 0. The van der Waals surface area contributed by atoms with Crippen molar-refractivity contribution in [1.82, 2.24) is 0 Å². The summed E-state index contributed by atoms with van der Waals surface area (Å²) < 4.78 is 0. The molecule has 0 aromatic carbocycles. The maximum atomic E-state index is 11.0. The van der Waals surface area contributed by atoms with Gasteiger partial charge in [-0.1, -0.05) is 56.2 Å². The fourth-order valence-corrected chi connectivity index (χ4v) is 2.13. The molecule has 25 heavy (non-hydrogen) atoms. The number of nitrogens with zero attached hydrogens (tertiary/aromatic N) is 1. The first-order valence-corrected chi connectivity index (χ1v) is 9.08. The molecule has 0 saturated carbocycles. The van der Waals surface area contributed by atoms with Crippen molar-refractivity contribution >= 4 is 5.97 Å². The van der Waals surface area contributed by atoms with Gasteiger partial charge in [-0.2, -0.15) is 0 Å². The lowest BCUT2D eigenvalue weighted by Crippen LogP contribution is -1.97. The van der Waals surface area contributed by atoms with Crippen LogP contribution in [-0.4, -0.2) is 16.0 Å². The second-order valence-corrected chi connectivity index (χ2v) is 5.82. The zero-order valence-corrected chi connectivity index (χ0v) is 15.2. The molecule has 0 spiro atoms. The summed E-state index contributed by atoms with van der Waals surface area (Å²) in [6.07, 6.45) is 21.2. The molecule has 5 nitrogen and oxygen atoms in total. The summed E-state index contributed by atoms with van der Waals surface area (Å²) >= 11 is 0. The van der Waals surface area contributed by atoms with Crippen LogP contribution in [0.15, 0.2) is 48.2 Å². The van der Waals surface area contributed by atoms with E-state index in [9.17, 15) is 14.9 Å². The van der Waals surface area contributed by atoms with Crippen LogP contribution in [0.3, 0.4) is 0 Å². The molecule has 0 fully saturated rings.